The molecule has 0 aromatic heterocycles. The summed E-state index contributed by atoms with van der Waals surface area (Å²) in [7, 11) is -4.51. The molecule has 6 nitrogen and oxygen atoms in total. The maximum atomic E-state index is 10.4. The van der Waals surface area contributed by atoms with Crippen molar-refractivity contribution >= 4 is 16.6 Å². The number of rotatable bonds is 4. The Balaban J connectivity index is 2.58. The van der Waals surface area contributed by atoms with Crippen molar-refractivity contribution in [1.82, 2.24) is 0 Å². The van der Waals surface area contributed by atoms with Crippen molar-refractivity contribution in [1.29, 1.82) is 0 Å². The van der Waals surface area contributed by atoms with Gasteiger partial charge in [0.1, 0.15) is 24.4 Å². The molecule has 2 aliphatic rings. The van der Waals surface area contributed by atoms with Gasteiger partial charge in [-0.1, -0.05) is 65.2 Å². The van der Waals surface area contributed by atoms with Gasteiger partial charge >= 0.3 is 0 Å². The molecule has 0 saturated carbocycles. The molecule has 1 aliphatic heterocycles. The van der Waals surface area contributed by atoms with Crippen molar-refractivity contribution in [2.24, 2.45) is 0 Å². The van der Waals surface area contributed by atoms with Crippen LogP contribution in [0, 0.1) is 23.7 Å². The topological polar surface area (TPSA) is 77.4 Å². The van der Waals surface area contributed by atoms with Crippen LogP contribution >= 0.6 is 0 Å². The van der Waals surface area contributed by atoms with Gasteiger partial charge in [-0.2, -0.15) is 0 Å². The van der Waals surface area contributed by atoms with Crippen LogP contribution in [0.2, 0.25) is 36.3 Å². The third-order valence-corrected chi connectivity index (χ3v) is 16.2. The monoisotopic (exact) mass is 496 g/mol. The molecule has 0 bridgehead atoms. The Hall–Kier alpha value is -0.686. The largest absolute Gasteiger partial charge is 0.401 e. The van der Waals surface area contributed by atoms with Crippen molar-refractivity contribution in [3.05, 3.63) is 0 Å². The molecule has 0 aromatic carbocycles. The van der Waals surface area contributed by atoms with Gasteiger partial charge in [-0.05, 0) is 50.1 Å². The second-order valence-electron chi connectivity index (χ2n) is 12.6. The first kappa shape index (κ1) is 28.6. The fourth-order valence-electron chi connectivity index (χ4n) is 3.12. The average Bonchev–Trinajstić information content (AvgIpc) is 2.94. The predicted octanol–water partition coefficient (Wildman–Crippen LogP) is 4.03. The highest BCUT2D eigenvalue weighted by atomic mass is 28.4. The van der Waals surface area contributed by atoms with E-state index < -0.39 is 59.0 Å². The first-order chi connectivity index (χ1) is 14.7. The fourth-order valence-corrected chi connectivity index (χ4v) is 5.49. The van der Waals surface area contributed by atoms with Gasteiger partial charge in [-0.25, -0.2) is 0 Å². The standard InChI is InChI=1S/C25H44O6Si2/c1-23(2,3)32(9,10)30-19-15-13-17(26)18(27)14-16-20(31-33(11,12)24(4,5)6)22-21(19)28-25(7,8)29-22/h17-22,26-27H,1-12H3/t17?,18?,19-,20-,21+,22+/m1/s1. The zero-order valence-corrected chi connectivity index (χ0v) is 24.5. The van der Waals surface area contributed by atoms with Gasteiger partial charge in [0, 0.05) is 0 Å². The number of hydrogen-bond acceptors (Lipinski definition) is 6. The molecule has 0 amide bonds. The lowest BCUT2D eigenvalue weighted by Crippen LogP contribution is -2.53. The normalized spacial score (nSPS) is 32.8. The third kappa shape index (κ3) is 6.71. The maximum absolute atomic E-state index is 10.4. The first-order valence-electron chi connectivity index (χ1n) is 11.8. The summed E-state index contributed by atoms with van der Waals surface area (Å²) in [5, 5.41) is 20.7. The van der Waals surface area contributed by atoms with E-state index in [4.69, 9.17) is 18.3 Å². The molecule has 1 saturated heterocycles. The lowest BCUT2D eigenvalue weighted by molar-refractivity contribution is -0.155. The smallest absolute Gasteiger partial charge is 0.193 e. The van der Waals surface area contributed by atoms with E-state index in [-0.39, 0.29) is 10.1 Å². The van der Waals surface area contributed by atoms with E-state index in [1.807, 2.05) is 13.8 Å². The highest BCUT2D eigenvalue weighted by Gasteiger charge is 2.53. The first-order valence-corrected chi connectivity index (χ1v) is 17.6. The summed E-state index contributed by atoms with van der Waals surface area (Å²) in [6.45, 7) is 25.3. The number of hydrogen-bond donors (Lipinski definition) is 2. The van der Waals surface area contributed by atoms with Crippen molar-refractivity contribution in [3.63, 3.8) is 0 Å². The fraction of sp³-hybridized carbons (Fsp3) is 0.840. The van der Waals surface area contributed by atoms with Crippen LogP contribution in [0.4, 0.5) is 0 Å². The molecular weight excluding hydrogens is 452 g/mol. The van der Waals surface area contributed by atoms with Crippen LogP contribution < -0.4 is 0 Å². The zero-order valence-electron chi connectivity index (χ0n) is 22.5. The molecule has 6 atom stereocenters. The summed E-state index contributed by atoms with van der Waals surface area (Å²) < 4.78 is 26.1. The molecule has 2 unspecified atom stereocenters. The molecule has 2 rings (SSSR count). The van der Waals surface area contributed by atoms with Gasteiger partial charge < -0.3 is 28.5 Å². The van der Waals surface area contributed by atoms with Crippen LogP contribution in [0.25, 0.3) is 0 Å². The molecule has 0 aromatic rings. The number of fused-ring (bicyclic) bond motifs is 1. The van der Waals surface area contributed by atoms with Gasteiger partial charge in [0.2, 0.25) is 0 Å². The molecular formula is C25H44O6Si2. The van der Waals surface area contributed by atoms with Gasteiger partial charge in [-0.3, -0.25) is 0 Å². The lowest BCUT2D eigenvalue weighted by Gasteiger charge is -2.42. The molecule has 188 valence electrons. The van der Waals surface area contributed by atoms with E-state index in [0.717, 1.165) is 0 Å². The SMILES string of the molecule is CC1(C)O[C@@H]2[C@@H](O1)[C@H](O[Si](C)(C)C(C)(C)C)C#CC(O)C(O)C#C[C@H]2O[Si](C)(C)C(C)(C)C. The summed E-state index contributed by atoms with van der Waals surface area (Å²) >= 11 is 0. The molecule has 0 spiro atoms. The second-order valence-corrected chi connectivity index (χ2v) is 22.1. The van der Waals surface area contributed by atoms with Crippen LogP contribution in [-0.4, -0.2) is 69.3 Å². The van der Waals surface area contributed by atoms with Gasteiger partial charge in [0.25, 0.3) is 0 Å². The molecule has 1 heterocycles. The van der Waals surface area contributed by atoms with E-state index in [1.54, 1.807) is 0 Å². The number of aliphatic hydroxyl groups is 2. The van der Waals surface area contributed by atoms with Crippen molar-refractivity contribution in [3.8, 4) is 23.7 Å². The van der Waals surface area contributed by atoms with Crippen LogP contribution in [0.5, 0.6) is 0 Å². The Bertz CT molecular complexity index is 763. The predicted molar refractivity (Wildman–Crippen MR) is 136 cm³/mol. The molecule has 1 fully saturated rings. The minimum absolute atomic E-state index is 0.0521. The Morgan fingerprint density at radius 2 is 0.970 bits per heavy atom. The van der Waals surface area contributed by atoms with Crippen LogP contribution in [-0.2, 0) is 18.3 Å². The summed E-state index contributed by atoms with van der Waals surface area (Å²) in [6.07, 6.45) is -5.08. The van der Waals surface area contributed by atoms with E-state index in [1.165, 1.54) is 0 Å². The Morgan fingerprint density at radius 1 is 0.667 bits per heavy atom. The van der Waals surface area contributed by atoms with E-state index >= 15 is 0 Å². The molecule has 1 aliphatic carbocycles. The van der Waals surface area contributed by atoms with E-state index in [2.05, 4.69) is 91.4 Å². The highest BCUT2D eigenvalue weighted by Crippen LogP contribution is 2.42. The van der Waals surface area contributed by atoms with E-state index in [9.17, 15) is 10.2 Å². The zero-order chi connectivity index (χ0) is 25.6. The third-order valence-electron chi connectivity index (χ3n) is 7.26. The quantitative estimate of drug-likeness (QED) is 0.452. The van der Waals surface area contributed by atoms with Crippen molar-refractivity contribution in [2.75, 3.05) is 0 Å². The van der Waals surface area contributed by atoms with Crippen molar-refractivity contribution < 1.29 is 28.5 Å². The minimum Gasteiger partial charge on any atom is -0.401 e. The van der Waals surface area contributed by atoms with Crippen molar-refractivity contribution in [2.45, 2.75) is 134 Å². The Kier molecular flexibility index (Phi) is 8.14. The summed E-state index contributed by atoms with van der Waals surface area (Å²) in [5.41, 5.74) is 0. The molecule has 33 heavy (non-hydrogen) atoms. The minimum atomic E-state index is -2.25. The molecule has 2 N–H and O–H groups in total. The van der Waals surface area contributed by atoms with E-state index in [0.29, 0.717) is 0 Å². The van der Waals surface area contributed by atoms with Crippen LogP contribution in [0.15, 0.2) is 0 Å². The van der Waals surface area contributed by atoms with Crippen LogP contribution in [0.1, 0.15) is 55.4 Å². The molecule has 0 radical (unpaired) electrons. The van der Waals surface area contributed by atoms with Gasteiger partial charge in [0.05, 0.1) is 0 Å². The Morgan fingerprint density at radius 3 is 1.24 bits per heavy atom. The maximum Gasteiger partial charge on any atom is 0.193 e. The second kappa shape index (κ2) is 9.40. The van der Waals surface area contributed by atoms with Crippen LogP contribution in [0.3, 0.4) is 0 Å². The Labute approximate surface area is 203 Å². The molecule has 8 heteroatoms. The number of aliphatic hydroxyl groups excluding tert-OH is 2. The van der Waals surface area contributed by atoms with Gasteiger partial charge in [0.15, 0.2) is 34.6 Å². The summed E-state index contributed by atoms with van der Waals surface area (Å²) in [6, 6.07) is 0. The summed E-state index contributed by atoms with van der Waals surface area (Å²) in [5.74, 6) is 10.7. The summed E-state index contributed by atoms with van der Waals surface area (Å²) in [4.78, 5) is 0. The highest BCUT2D eigenvalue weighted by molar-refractivity contribution is 6.74. The lowest BCUT2D eigenvalue weighted by atomic mass is 10.0. The number of ether oxygens (including phenoxy) is 2. The van der Waals surface area contributed by atoms with Gasteiger partial charge in [-0.15, -0.1) is 0 Å². The average molecular weight is 497 g/mol.